The number of carbonyl (C=O) groups is 1. The van der Waals surface area contributed by atoms with Crippen molar-refractivity contribution in [2.45, 2.75) is 45.8 Å². The molecule has 1 aromatic carbocycles. The number of imidazole rings is 1. The number of aromatic nitrogens is 2. The molecule has 182 valence electrons. The van der Waals surface area contributed by atoms with Crippen molar-refractivity contribution >= 4 is 27.7 Å². The first-order chi connectivity index (χ1) is 15.9. The molecule has 10 heteroatoms. The van der Waals surface area contributed by atoms with Gasteiger partial charge in [0.1, 0.15) is 17.1 Å². The Morgan fingerprint density at radius 2 is 2.00 bits per heavy atom. The summed E-state index contributed by atoms with van der Waals surface area (Å²) < 4.78 is 56.9. The third-order valence-electron chi connectivity index (χ3n) is 5.44. The number of ether oxygens (including phenoxy) is 2. The average molecular weight is 540 g/mol. The van der Waals surface area contributed by atoms with Gasteiger partial charge in [-0.15, -0.1) is 0 Å². The smallest absolute Gasteiger partial charge is 0.410 e. The largest absolute Gasteiger partial charge is 0.444 e. The number of halogens is 4. The molecule has 6 nitrogen and oxygen atoms in total. The Kier molecular flexibility index (Phi) is 6.65. The van der Waals surface area contributed by atoms with Crippen molar-refractivity contribution in [2.24, 2.45) is 0 Å². The highest BCUT2D eigenvalue weighted by Crippen LogP contribution is 2.34. The lowest BCUT2D eigenvalue weighted by molar-refractivity contribution is -0.0418. The van der Waals surface area contributed by atoms with E-state index in [9.17, 15) is 18.0 Å². The number of benzene rings is 1. The minimum absolute atomic E-state index is 0.00927. The third kappa shape index (κ3) is 4.93. The molecule has 34 heavy (non-hydrogen) atoms. The van der Waals surface area contributed by atoms with Gasteiger partial charge in [0.25, 0.3) is 0 Å². The molecule has 2 aromatic heterocycles. The summed E-state index contributed by atoms with van der Waals surface area (Å²) in [6.45, 7) is 8.11. The van der Waals surface area contributed by atoms with E-state index in [4.69, 9.17) is 9.47 Å². The number of amides is 1. The zero-order valence-electron chi connectivity index (χ0n) is 19.3. The first kappa shape index (κ1) is 24.5. The first-order valence-electron chi connectivity index (χ1n) is 10.8. The summed E-state index contributed by atoms with van der Waals surface area (Å²) in [6.07, 6.45) is 1.00. The van der Waals surface area contributed by atoms with Crippen LogP contribution in [0.5, 0.6) is 0 Å². The van der Waals surface area contributed by atoms with E-state index in [-0.39, 0.29) is 29.7 Å². The highest BCUT2D eigenvalue weighted by Gasteiger charge is 2.31. The van der Waals surface area contributed by atoms with E-state index >= 15 is 0 Å². The van der Waals surface area contributed by atoms with Crippen LogP contribution >= 0.6 is 15.9 Å². The van der Waals surface area contributed by atoms with Crippen LogP contribution in [0.4, 0.5) is 18.0 Å². The van der Waals surface area contributed by atoms with Gasteiger partial charge in [-0.05, 0) is 67.4 Å². The normalized spacial score (nSPS) is 16.8. The Labute approximate surface area is 203 Å². The molecule has 1 atom stereocenters. The number of carbonyl (C=O) groups excluding carboxylic acids is 1. The van der Waals surface area contributed by atoms with Gasteiger partial charge in [0, 0.05) is 19.2 Å². The number of pyridine rings is 1. The molecule has 3 aromatic rings. The van der Waals surface area contributed by atoms with Gasteiger partial charge in [0.2, 0.25) is 0 Å². The van der Waals surface area contributed by atoms with Crippen LogP contribution in [0.2, 0.25) is 0 Å². The predicted octanol–water partition coefficient (Wildman–Crippen LogP) is 5.67. The second-order valence-electron chi connectivity index (χ2n) is 9.31. The summed E-state index contributed by atoms with van der Waals surface area (Å²) in [5.74, 6) is -3.46. The molecule has 0 spiro atoms. The molecule has 0 aliphatic carbocycles. The molecule has 1 unspecified atom stereocenters. The molecule has 0 bridgehead atoms. The minimum atomic E-state index is -1.33. The number of fused-ring (bicyclic) bond motifs is 1. The SMILES string of the molecule is Cc1ccn2c(CC3CN(C(=O)OC(C)(C)C)CCO3)c(-c3c(F)cc(Br)c(F)c3F)nc2c1. The molecule has 1 fully saturated rings. The lowest BCUT2D eigenvalue weighted by atomic mass is 10.0. The summed E-state index contributed by atoms with van der Waals surface area (Å²) >= 11 is 2.84. The number of rotatable bonds is 3. The molecule has 1 amide bonds. The van der Waals surface area contributed by atoms with Crippen LogP contribution in [0.3, 0.4) is 0 Å². The molecule has 4 rings (SSSR count). The van der Waals surface area contributed by atoms with E-state index in [1.54, 1.807) is 42.3 Å². The highest BCUT2D eigenvalue weighted by atomic mass is 79.9. The van der Waals surface area contributed by atoms with Crippen LogP contribution in [-0.2, 0) is 15.9 Å². The molecule has 1 aliphatic rings. The Morgan fingerprint density at radius 3 is 2.71 bits per heavy atom. The topological polar surface area (TPSA) is 56.1 Å². The van der Waals surface area contributed by atoms with Gasteiger partial charge in [0.05, 0.1) is 40.7 Å². The van der Waals surface area contributed by atoms with Crippen molar-refractivity contribution in [1.29, 1.82) is 0 Å². The van der Waals surface area contributed by atoms with Gasteiger partial charge in [-0.3, -0.25) is 0 Å². The standard InChI is InChI=1S/C24H25BrF3N3O3/c1-13-5-6-31-17(10-14-12-30(7-8-33-14)23(32)34-24(2,3)4)22(29-18(31)9-13)19-16(26)11-15(25)20(27)21(19)28/h5-6,9,11,14H,7-8,10,12H2,1-4H3. The van der Waals surface area contributed by atoms with E-state index in [0.717, 1.165) is 11.6 Å². The number of hydrogen-bond donors (Lipinski definition) is 0. The second-order valence-corrected chi connectivity index (χ2v) is 10.2. The van der Waals surface area contributed by atoms with E-state index in [0.29, 0.717) is 17.9 Å². The molecule has 1 aliphatic heterocycles. The van der Waals surface area contributed by atoms with Crippen LogP contribution in [0, 0.1) is 24.4 Å². The number of nitrogens with zero attached hydrogens (tertiary/aromatic N) is 3. The van der Waals surface area contributed by atoms with Crippen molar-refractivity contribution in [3.8, 4) is 11.3 Å². The first-order valence-corrected chi connectivity index (χ1v) is 11.6. The lowest BCUT2D eigenvalue weighted by Crippen LogP contribution is -2.48. The average Bonchev–Trinajstić information content (AvgIpc) is 3.08. The zero-order valence-corrected chi connectivity index (χ0v) is 20.9. The molecular formula is C24H25BrF3N3O3. The Morgan fingerprint density at radius 1 is 1.26 bits per heavy atom. The van der Waals surface area contributed by atoms with Crippen LogP contribution in [0.25, 0.3) is 16.9 Å². The predicted molar refractivity (Wildman–Crippen MR) is 124 cm³/mol. The summed E-state index contributed by atoms with van der Waals surface area (Å²) in [7, 11) is 0. The summed E-state index contributed by atoms with van der Waals surface area (Å²) in [5.41, 5.74) is 0.626. The van der Waals surface area contributed by atoms with Gasteiger partial charge in [0.15, 0.2) is 11.6 Å². The fourth-order valence-corrected chi connectivity index (χ4v) is 4.30. The molecule has 1 saturated heterocycles. The summed E-state index contributed by atoms with van der Waals surface area (Å²) in [6, 6.07) is 4.49. The quantitative estimate of drug-likeness (QED) is 0.318. The van der Waals surface area contributed by atoms with Crippen molar-refractivity contribution in [2.75, 3.05) is 19.7 Å². The number of hydrogen-bond acceptors (Lipinski definition) is 4. The van der Waals surface area contributed by atoms with Crippen LogP contribution in [0.1, 0.15) is 32.0 Å². The molecule has 0 N–H and O–H groups in total. The number of aryl methyl sites for hydroxylation is 1. The van der Waals surface area contributed by atoms with Gasteiger partial charge >= 0.3 is 6.09 Å². The Balaban J connectivity index is 1.73. The maximum atomic E-state index is 14.9. The van der Waals surface area contributed by atoms with Crippen molar-refractivity contribution in [1.82, 2.24) is 14.3 Å². The summed E-state index contributed by atoms with van der Waals surface area (Å²) in [4.78, 5) is 18.5. The Bertz CT molecular complexity index is 1260. The monoisotopic (exact) mass is 539 g/mol. The van der Waals surface area contributed by atoms with Crippen LogP contribution in [0.15, 0.2) is 28.9 Å². The maximum absolute atomic E-state index is 14.9. The third-order valence-corrected chi connectivity index (χ3v) is 6.02. The van der Waals surface area contributed by atoms with Gasteiger partial charge < -0.3 is 18.8 Å². The Hall–Kier alpha value is -2.59. The van der Waals surface area contributed by atoms with Crippen LogP contribution < -0.4 is 0 Å². The van der Waals surface area contributed by atoms with Crippen molar-refractivity contribution in [3.05, 3.63) is 57.6 Å². The zero-order chi connectivity index (χ0) is 24.8. The fourth-order valence-electron chi connectivity index (χ4n) is 3.93. The van der Waals surface area contributed by atoms with Crippen LogP contribution in [-0.4, -0.2) is 51.8 Å². The summed E-state index contributed by atoms with van der Waals surface area (Å²) in [5, 5.41) is 0. The molecular weight excluding hydrogens is 515 g/mol. The molecule has 0 saturated carbocycles. The van der Waals surface area contributed by atoms with E-state index < -0.39 is 40.8 Å². The minimum Gasteiger partial charge on any atom is -0.444 e. The molecule has 3 heterocycles. The molecule has 0 radical (unpaired) electrons. The van der Waals surface area contributed by atoms with E-state index in [1.165, 1.54) is 0 Å². The van der Waals surface area contributed by atoms with Gasteiger partial charge in [-0.25, -0.2) is 22.9 Å². The van der Waals surface area contributed by atoms with Gasteiger partial charge in [-0.1, -0.05) is 0 Å². The second kappa shape index (κ2) is 9.22. The van der Waals surface area contributed by atoms with Gasteiger partial charge in [-0.2, -0.15) is 0 Å². The van der Waals surface area contributed by atoms with E-state index in [2.05, 4.69) is 20.9 Å². The number of morpholine rings is 1. The van der Waals surface area contributed by atoms with Crippen molar-refractivity contribution in [3.63, 3.8) is 0 Å². The van der Waals surface area contributed by atoms with E-state index in [1.807, 2.05) is 13.0 Å². The van der Waals surface area contributed by atoms with Crippen molar-refractivity contribution < 1.29 is 27.4 Å². The maximum Gasteiger partial charge on any atom is 0.410 e. The fraction of sp³-hybridized carbons (Fsp3) is 0.417. The lowest BCUT2D eigenvalue weighted by Gasteiger charge is -2.34. The highest BCUT2D eigenvalue weighted by molar-refractivity contribution is 9.10.